The first kappa shape index (κ1) is 14.8. The lowest BCUT2D eigenvalue weighted by atomic mass is 10.1. The van der Waals surface area contributed by atoms with Crippen LogP contribution >= 0.6 is 0 Å². The molecule has 2 aliphatic rings. The number of aryl methyl sites for hydroxylation is 1. The third kappa shape index (κ3) is 3.39. The molecule has 2 N–H and O–H groups in total. The van der Waals surface area contributed by atoms with E-state index in [4.69, 9.17) is 0 Å². The lowest BCUT2D eigenvalue weighted by Gasteiger charge is -2.35. The summed E-state index contributed by atoms with van der Waals surface area (Å²) in [6, 6.07) is 7.87. The van der Waals surface area contributed by atoms with Crippen molar-refractivity contribution >= 4 is 11.9 Å². The topological polar surface area (TPSA) is 64.7 Å². The van der Waals surface area contributed by atoms with Gasteiger partial charge in [-0.05, 0) is 12.5 Å². The molecule has 0 saturated carbocycles. The number of nitrogens with zero attached hydrogens (tertiary/aromatic N) is 2. The van der Waals surface area contributed by atoms with Crippen molar-refractivity contribution in [3.05, 3.63) is 35.4 Å². The van der Waals surface area contributed by atoms with Crippen molar-refractivity contribution in [2.45, 2.75) is 19.5 Å². The summed E-state index contributed by atoms with van der Waals surface area (Å²) in [4.78, 5) is 27.6. The minimum Gasteiger partial charge on any atom is -0.338 e. The Balaban J connectivity index is 1.50. The molecule has 0 radical (unpaired) electrons. The Bertz CT molecular complexity index is 567. The smallest absolute Gasteiger partial charge is 0.315 e. The van der Waals surface area contributed by atoms with Crippen LogP contribution in [0.15, 0.2) is 24.3 Å². The molecular formula is C16H22N4O2. The molecule has 6 nitrogen and oxygen atoms in total. The number of carbonyl (C=O) groups is 2. The second-order valence-electron chi connectivity index (χ2n) is 6.00. The molecular weight excluding hydrogens is 280 g/mol. The maximum Gasteiger partial charge on any atom is 0.315 e. The second-order valence-corrected chi connectivity index (χ2v) is 6.00. The van der Waals surface area contributed by atoms with Crippen LogP contribution in [0.5, 0.6) is 0 Å². The van der Waals surface area contributed by atoms with Gasteiger partial charge in [0.15, 0.2) is 0 Å². The van der Waals surface area contributed by atoms with Crippen molar-refractivity contribution in [1.82, 2.24) is 20.4 Å². The van der Waals surface area contributed by atoms with Crippen LogP contribution in [-0.2, 0) is 11.3 Å². The van der Waals surface area contributed by atoms with E-state index in [1.165, 1.54) is 11.1 Å². The van der Waals surface area contributed by atoms with Gasteiger partial charge in [-0.1, -0.05) is 29.8 Å². The zero-order valence-corrected chi connectivity index (χ0v) is 12.8. The number of nitrogens with one attached hydrogen (secondary N) is 2. The molecule has 1 atom stereocenters. The van der Waals surface area contributed by atoms with E-state index in [9.17, 15) is 9.59 Å². The first-order valence-electron chi connectivity index (χ1n) is 7.73. The van der Waals surface area contributed by atoms with Gasteiger partial charge < -0.3 is 15.5 Å². The third-order valence-corrected chi connectivity index (χ3v) is 4.24. The van der Waals surface area contributed by atoms with Gasteiger partial charge >= 0.3 is 6.03 Å². The number of urea groups is 1. The molecule has 1 aromatic carbocycles. The summed E-state index contributed by atoms with van der Waals surface area (Å²) in [5.41, 5.74) is 2.59. The van der Waals surface area contributed by atoms with Crippen molar-refractivity contribution in [3.8, 4) is 0 Å². The first-order valence-corrected chi connectivity index (χ1v) is 7.73. The Morgan fingerprint density at radius 3 is 2.68 bits per heavy atom. The summed E-state index contributed by atoms with van der Waals surface area (Å²) in [7, 11) is 0. The van der Waals surface area contributed by atoms with Crippen LogP contribution in [0.3, 0.4) is 0 Å². The molecule has 6 heteroatoms. The molecule has 2 fully saturated rings. The third-order valence-electron chi connectivity index (χ3n) is 4.24. The van der Waals surface area contributed by atoms with Gasteiger partial charge in [-0.2, -0.15) is 0 Å². The van der Waals surface area contributed by atoms with Crippen molar-refractivity contribution in [3.63, 3.8) is 0 Å². The highest BCUT2D eigenvalue weighted by Crippen LogP contribution is 2.11. The van der Waals surface area contributed by atoms with Gasteiger partial charge in [0.1, 0.15) is 6.04 Å². The lowest BCUT2D eigenvalue weighted by molar-refractivity contribution is -0.134. The Morgan fingerprint density at radius 2 is 2.05 bits per heavy atom. The molecule has 0 aliphatic carbocycles. The molecule has 2 heterocycles. The van der Waals surface area contributed by atoms with Gasteiger partial charge in [0.25, 0.3) is 0 Å². The second kappa shape index (κ2) is 6.36. The number of amides is 3. The molecule has 2 saturated heterocycles. The Labute approximate surface area is 130 Å². The fourth-order valence-electron chi connectivity index (χ4n) is 3.02. The average molecular weight is 302 g/mol. The summed E-state index contributed by atoms with van der Waals surface area (Å²) in [6.45, 7) is 6.59. The largest absolute Gasteiger partial charge is 0.338 e. The van der Waals surface area contributed by atoms with Crippen LogP contribution < -0.4 is 10.6 Å². The minimum absolute atomic E-state index is 0.0218. The van der Waals surface area contributed by atoms with Gasteiger partial charge in [-0.3, -0.25) is 9.69 Å². The molecule has 0 unspecified atom stereocenters. The lowest BCUT2D eigenvalue weighted by Crippen LogP contribution is -2.53. The van der Waals surface area contributed by atoms with Crippen molar-refractivity contribution in [2.24, 2.45) is 0 Å². The zero-order chi connectivity index (χ0) is 15.5. The maximum absolute atomic E-state index is 12.3. The van der Waals surface area contributed by atoms with Crippen molar-refractivity contribution in [1.29, 1.82) is 0 Å². The van der Waals surface area contributed by atoms with Gasteiger partial charge in [0.2, 0.25) is 5.91 Å². The Morgan fingerprint density at radius 1 is 1.27 bits per heavy atom. The molecule has 0 bridgehead atoms. The van der Waals surface area contributed by atoms with Gasteiger partial charge in [0, 0.05) is 39.3 Å². The van der Waals surface area contributed by atoms with Crippen LogP contribution in [0.1, 0.15) is 11.1 Å². The number of rotatable bonds is 3. The van der Waals surface area contributed by atoms with E-state index in [2.05, 4.69) is 46.7 Å². The first-order chi connectivity index (χ1) is 10.6. The molecule has 3 amide bonds. The van der Waals surface area contributed by atoms with Crippen molar-refractivity contribution < 1.29 is 9.59 Å². The summed E-state index contributed by atoms with van der Waals surface area (Å²) in [5.74, 6) is 0.0218. The van der Waals surface area contributed by atoms with E-state index in [1.807, 2.05) is 4.90 Å². The van der Waals surface area contributed by atoms with Crippen LogP contribution in [0.2, 0.25) is 0 Å². The van der Waals surface area contributed by atoms with E-state index in [0.29, 0.717) is 6.54 Å². The molecule has 118 valence electrons. The summed E-state index contributed by atoms with van der Waals surface area (Å²) < 4.78 is 0. The van der Waals surface area contributed by atoms with Gasteiger partial charge in [-0.25, -0.2) is 4.79 Å². The summed E-state index contributed by atoms with van der Waals surface area (Å²) in [5, 5.41) is 5.28. The van der Waals surface area contributed by atoms with Gasteiger partial charge in [0.05, 0.1) is 0 Å². The van der Waals surface area contributed by atoms with Crippen LogP contribution in [0.25, 0.3) is 0 Å². The van der Waals surface area contributed by atoms with E-state index in [0.717, 1.165) is 32.7 Å². The van der Waals surface area contributed by atoms with Crippen molar-refractivity contribution in [2.75, 3.05) is 32.7 Å². The highest BCUT2D eigenvalue weighted by Gasteiger charge is 2.31. The SMILES string of the molecule is Cc1cccc(CN2CCN(C(=O)[C@H]3CNC(=O)N3)CC2)c1. The van der Waals surface area contributed by atoms with Crippen LogP contribution in [0.4, 0.5) is 4.79 Å². The average Bonchev–Trinajstić information content (AvgIpc) is 2.94. The summed E-state index contributed by atoms with van der Waals surface area (Å²) in [6.07, 6.45) is 0. The number of hydrogen-bond acceptors (Lipinski definition) is 3. The van der Waals surface area contributed by atoms with Gasteiger partial charge in [-0.15, -0.1) is 0 Å². The molecule has 2 aliphatic heterocycles. The predicted octanol–water partition coefficient (Wildman–Crippen LogP) is 0.321. The minimum atomic E-state index is -0.407. The molecule has 22 heavy (non-hydrogen) atoms. The molecule has 0 spiro atoms. The van der Waals surface area contributed by atoms with E-state index in [1.54, 1.807) is 0 Å². The van der Waals surface area contributed by atoms with E-state index < -0.39 is 6.04 Å². The Hall–Kier alpha value is -2.08. The normalized spacial score (nSPS) is 22.3. The number of benzene rings is 1. The number of piperazine rings is 1. The highest BCUT2D eigenvalue weighted by atomic mass is 16.2. The number of hydrogen-bond donors (Lipinski definition) is 2. The molecule has 1 aromatic rings. The highest BCUT2D eigenvalue weighted by molar-refractivity contribution is 5.90. The monoisotopic (exact) mass is 302 g/mol. The fourth-order valence-corrected chi connectivity index (χ4v) is 3.02. The summed E-state index contributed by atoms with van der Waals surface area (Å²) >= 11 is 0. The Kier molecular flexibility index (Phi) is 4.29. The zero-order valence-electron chi connectivity index (χ0n) is 12.8. The molecule has 0 aromatic heterocycles. The van der Waals surface area contributed by atoms with Crippen LogP contribution in [-0.4, -0.2) is 60.5 Å². The maximum atomic E-state index is 12.3. The standard InChI is InChI=1S/C16H22N4O2/c1-12-3-2-4-13(9-12)11-19-5-7-20(8-6-19)15(21)14-10-17-16(22)18-14/h2-4,9,14H,5-8,10-11H2,1H3,(H2,17,18,22)/t14-/m1/s1. The van der Waals surface area contributed by atoms with Crippen LogP contribution in [0, 0.1) is 6.92 Å². The number of carbonyl (C=O) groups excluding carboxylic acids is 2. The molecule has 3 rings (SSSR count). The predicted molar refractivity (Wildman–Crippen MR) is 83.4 cm³/mol. The quantitative estimate of drug-likeness (QED) is 0.845. The van der Waals surface area contributed by atoms with E-state index >= 15 is 0 Å². The van der Waals surface area contributed by atoms with E-state index in [-0.39, 0.29) is 11.9 Å². The fraction of sp³-hybridized carbons (Fsp3) is 0.500.